The number of amides is 1. The molecule has 3 rings (SSSR count). The smallest absolute Gasteiger partial charge is 0.338 e. The van der Waals surface area contributed by atoms with E-state index >= 15 is 0 Å². The number of amidine groups is 1. The molecule has 7 nitrogen and oxygen atoms in total. The van der Waals surface area contributed by atoms with Gasteiger partial charge in [-0.05, 0) is 24.6 Å². The van der Waals surface area contributed by atoms with Gasteiger partial charge in [0.25, 0.3) is 0 Å². The molecule has 1 aromatic carbocycles. The number of esters is 1. The fraction of sp³-hybridized carbons (Fsp3) is 0.300. The average Bonchev–Trinajstić information content (AvgIpc) is 3.21. The van der Waals surface area contributed by atoms with Crippen molar-refractivity contribution in [2.45, 2.75) is 19.4 Å². The summed E-state index contributed by atoms with van der Waals surface area (Å²) in [5, 5.41) is 8.43. The second-order valence-corrected chi connectivity index (χ2v) is 8.68. The number of nitrogens with one attached hydrogen (secondary N) is 2. The van der Waals surface area contributed by atoms with Crippen molar-refractivity contribution >= 4 is 60.9 Å². The van der Waals surface area contributed by atoms with Gasteiger partial charge in [0.2, 0.25) is 5.91 Å². The van der Waals surface area contributed by atoms with Crippen molar-refractivity contribution in [1.29, 1.82) is 0 Å². The van der Waals surface area contributed by atoms with Gasteiger partial charge in [0, 0.05) is 27.9 Å². The van der Waals surface area contributed by atoms with Crippen molar-refractivity contribution in [3.8, 4) is 0 Å². The van der Waals surface area contributed by atoms with Crippen LogP contribution in [0.4, 0.5) is 4.39 Å². The number of rotatable bonds is 7. The summed E-state index contributed by atoms with van der Waals surface area (Å²) in [6.07, 6.45) is 0.155. The van der Waals surface area contributed by atoms with Crippen LogP contribution in [0.1, 0.15) is 29.2 Å². The first-order chi connectivity index (χ1) is 14.9. The molecule has 0 saturated carbocycles. The Morgan fingerprint density at radius 2 is 2.16 bits per heavy atom. The van der Waals surface area contributed by atoms with Gasteiger partial charge in [0.15, 0.2) is 10.8 Å². The molecule has 1 atom stereocenters. The maximum Gasteiger partial charge on any atom is 0.338 e. The molecule has 0 saturated heterocycles. The molecule has 1 amide bonds. The summed E-state index contributed by atoms with van der Waals surface area (Å²) in [6, 6.07) is 3.50. The van der Waals surface area contributed by atoms with Gasteiger partial charge in [0.1, 0.15) is 11.9 Å². The lowest BCUT2D eigenvalue weighted by molar-refractivity contribution is -0.139. The van der Waals surface area contributed by atoms with Gasteiger partial charge in [-0.15, -0.1) is 11.3 Å². The number of aliphatic imine (C=N–C) groups is 1. The minimum atomic E-state index is -0.732. The average molecular weight is 574 g/mol. The zero-order valence-electron chi connectivity index (χ0n) is 16.7. The minimum Gasteiger partial charge on any atom is -0.463 e. The first kappa shape index (κ1) is 23.6. The van der Waals surface area contributed by atoms with E-state index in [1.807, 2.05) is 0 Å². The van der Waals surface area contributed by atoms with Crippen molar-refractivity contribution in [3.05, 3.63) is 61.4 Å². The zero-order valence-corrected chi connectivity index (χ0v) is 20.7. The van der Waals surface area contributed by atoms with Crippen LogP contribution in [0.15, 0.2) is 44.3 Å². The summed E-state index contributed by atoms with van der Waals surface area (Å²) < 4.78 is 19.4. The highest BCUT2D eigenvalue weighted by atomic mass is 79.9. The number of ether oxygens (including phenoxy) is 1. The Hall–Kier alpha value is -2.11. The van der Waals surface area contributed by atoms with Gasteiger partial charge < -0.3 is 15.4 Å². The van der Waals surface area contributed by atoms with Gasteiger partial charge in [-0.2, -0.15) is 0 Å². The predicted octanol–water partition coefficient (Wildman–Crippen LogP) is 3.64. The van der Waals surface area contributed by atoms with E-state index in [9.17, 15) is 14.0 Å². The molecule has 2 aromatic rings. The highest BCUT2D eigenvalue weighted by Crippen LogP contribution is 2.37. The van der Waals surface area contributed by atoms with Gasteiger partial charge in [-0.1, -0.05) is 37.9 Å². The summed E-state index contributed by atoms with van der Waals surface area (Å²) >= 11 is 8.14. The SMILES string of the molecule is CCOC(=O)C1=C(CBr)NC(c2nc(CC(=O)NC)cs2)=NC1c1ccc(F)cc1Br. The molecular weight excluding hydrogens is 555 g/mol. The molecular formula is C20H19Br2FN4O3S. The molecule has 1 aliphatic rings. The van der Waals surface area contributed by atoms with Gasteiger partial charge in [-0.25, -0.2) is 14.2 Å². The van der Waals surface area contributed by atoms with Crippen LogP contribution in [0.2, 0.25) is 0 Å². The Kier molecular flexibility index (Phi) is 7.95. The third-order valence-electron chi connectivity index (χ3n) is 4.39. The molecule has 0 bridgehead atoms. The highest BCUT2D eigenvalue weighted by molar-refractivity contribution is 9.10. The van der Waals surface area contributed by atoms with Crippen molar-refractivity contribution in [2.24, 2.45) is 4.99 Å². The third kappa shape index (κ3) is 5.39. The molecule has 1 unspecified atom stereocenters. The predicted molar refractivity (Wildman–Crippen MR) is 124 cm³/mol. The normalized spacial score (nSPS) is 15.9. The first-order valence-electron chi connectivity index (χ1n) is 9.29. The van der Waals surface area contributed by atoms with Crippen molar-refractivity contribution in [1.82, 2.24) is 15.6 Å². The molecule has 0 spiro atoms. The molecule has 0 fully saturated rings. The first-order valence-corrected chi connectivity index (χ1v) is 12.1. The van der Waals surface area contributed by atoms with E-state index in [1.165, 1.54) is 23.5 Å². The lowest BCUT2D eigenvalue weighted by Crippen LogP contribution is -2.34. The number of carbonyl (C=O) groups excluding carboxylic acids is 2. The fourth-order valence-corrected chi connectivity index (χ4v) is 4.74. The number of hydrogen-bond acceptors (Lipinski definition) is 7. The Bertz CT molecular complexity index is 1070. The second kappa shape index (κ2) is 10.5. The maximum absolute atomic E-state index is 13.7. The Labute approximate surface area is 199 Å². The van der Waals surface area contributed by atoms with Crippen molar-refractivity contribution in [3.63, 3.8) is 0 Å². The number of thiazole rings is 1. The standard InChI is InChI=1S/C20H19Br2FN4O3S/c1-3-30-20(29)16-14(8-21)26-18(19-25-11(9-31-19)7-15(28)24-2)27-17(16)12-5-4-10(23)6-13(12)22/h4-6,9,17H,3,7-8H2,1-2H3,(H,24,28)(H,26,27). The quantitative estimate of drug-likeness (QED) is 0.390. The maximum atomic E-state index is 13.7. The second-order valence-electron chi connectivity index (χ2n) is 6.41. The van der Waals surface area contributed by atoms with Gasteiger partial charge >= 0.3 is 5.97 Å². The number of aromatic nitrogens is 1. The number of likely N-dealkylation sites (N-methyl/N-ethyl adjacent to an activating group) is 1. The molecule has 1 aliphatic heterocycles. The van der Waals surface area contributed by atoms with E-state index < -0.39 is 17.8 Å². The van der Waals surface area contributed by atoms with Crippen LogP contribution >= 0.6 is 43.2 Å². The number of benzene rings is 1. The Morgan fingerprint density at radius 1 is 1.39 bits per heavy atom. The van der Waals surface area contributed by atoms with Crippen LogP contribution in [0.5, 0.6) is 0 Å². The van der Waals surface area contributed by atoms with E-state index in [2.05, 4.69) is 47.5 Å². The van der Waals surface area contributed by atoms with E-state index in [1.54, 1.807) is 25.4 Å². The van der Waals surface area contributed by atoms with Crippen LogP contribution in [0, 0.1) is 5.82 Å². The minimum absolute atomic E-state index is 0.144. The Morgan fingerprint density at radius 3 is 2.81 bits per heavy atom. The number of allylic oxidation sites excluding steroid dienone is 1. The van der Waals surface area contributed by atoms with E-state index in [0.717, 1.165) is 0 Å². The van der Waals surface area contributed by atoms with Crippen molar-refractivity contribution in [2.75, 3.05) is 19.0 Å². The van der Waals surface area contributed by atoms with Crippen LogP contribution in [0.25, 0.3) is 0 Å². The fourth-order valence-electron chi connectivity index (χ4n) is 2.96. The van der Waals surface area contributed by atoms with Crippen LogP contribution in [-0.4, -0.2) is 41.7 Å². The largest absolute Gasteiger partial charge is 0.463 e. The molecule has 1 aromatic heterocycles. The number of halogens is 3. The summed E-state index contributed by atoms with van der Waals surface area (Å²) in [5.74, 6) is -0.603. The number of hydrogen-bond donors (Lipinski definition) is 2. The van der Waals surface area contributed by atoms with E-state index in [0.29, 0.717) is 43.2 Å². The molecule has 0 aliphatic carbocycles. The molecule has 164 valence electrons. The molecule has 11 heteroatoms. The summed E-state index contributed by atoms with van der Waals surface area (Å²) in [7, 11) is 1.57. The molecule has 2 N–H and O–H groups in total. The van der Waals surface area contributed by atoms with Gasteiger partial charge in [-0.3, -0.25) is 9.79 Å². The van der Waals surface area contributed by atoms with Crippen LogP contribution in [0.3, 0.4) is 0 Å². The lowest BCUT2D eigenvalue weighted by atomic mass is 9.96. The summed E-state index contributed by atoms with van der Waals surface area (Å²) in [6.45, 7) is 1.94. The van der Waals surface area contributed by atoms with Crippen LogP contribution < -0.4 is 10.6 Å². The monoisotopic (exact) mass is 572 g/mol. The van der Waals surface area contributed by atoms with Crippen molar-refractivity contribution < 1.29 is 18.7 Å². The topological polar surface area (TPSA) is 92.7 Å². The number of alkyl halides is 1. The zero-order chi connectivity index (χ0) is 22.5. The van der Waals surface area contributed by atoms with Crippen LogP contribution in [-0.2, 0) is 20.7 Å². The summed E-state index contributed by atoms with van der Waals surface area (Å²) in [4.78, 5) is 33.7. The lowest BCUT2D eigenvalue weighted by Gasteiger charge is -2.26. The third-order valence-corrected chi connectivity index (χ3v) is 6.53. The molecule has 31 heavy (non-hydrogen) atoms. The van der Waals surface area contributed by atoms with E-state index in [4.69, 9.17) is 9.73 Å². The van der Waals surface area contributed by atoms with Gasteiger partial charge in [0.05, 0.1) is 24.3 Å². The number of nitrogens with zero attached hydrogens (tertiary/aromatic N) is 2. The Balaban J connectivity index is 2.07. The number of carbonyl (C=O) groups is 2. The molecule has 0 radical (unpaired) electrons. The van der Waals surface area contributed by atoms with E-state index in [-0.39, 0.29) is 18.9 Å². The molecule has 2 heterocycles. The highest BCUT2D eigenvalue weighted by Gasteiger charge is 2.33. The summed E-state index contributed by atoms with van der Waals surface area (Å²) in [5.41, 5.74) is 2.14.